The van der Waals surface area contributed by atoms with E-state index in [1.165, 1.54) is 0 Å². The predicted octanol–water partition coefficient (Wildman–Crippen LogP) is 3.37. The van der Waals surface area contributed by atoms with Gasteiger partial charge in [-0.25, -0.2) is 0 Å². The zero-order chi connectivity index (χ0) is 19.5. The van der Waals surface area contributed by atoms with Crippen LogP contribution in [0.5, 0.6) is 5.75 Å². The van der Waals surface area contributed by atoms with Gasteiger partial charge in [0.05, 0.1) is 0 Å². The van der Waals surface area contributed by atoms with Gasteiger partial charge in [0.2, 0.25) is 0 Å². The lowest BCUT2D eigenvalue weighted by atomic mass is 10.0. The van der Waals surface area contributed by atoms with Gasteiger partial charge in [0.15, 0.2) is 11.4 Å². The molecule has 2 aromatic heterocycles. The average Bonchev–Trinajstić information content (AvgIpc) is 3.10. The van der Waals surface area contributed by atoms with Crippen LogP contribution in [-0.2, 0) is 18.6 Å². The summed E-state index contributed by atoms with van der Waals surface area (Å²) in [5, 5.41) is 3.59. The molecule has 1 aromatic carbocycles. The molecule has 2 N–H and O–H groups in total. The summed E-state index contributed by atoms with van der Waals surface area (Å²) in [4.78, 5) is 7.72. The number of pyridine rings is 1. The lowest BCUT2D eigenvalue weighted by molar-refractivity contribution is -0.190. The summed E-state index contributed by atoms with van der Waals surface area (Å²) in [6, 6.07) is 10.8. The van der Waals surface area contributed by atoms with Crippen LogP contribution in [0.25, 0.3) is 0 Å². The Balaban J connectivity index is 1.62. The van der Waals surface area contributed by atoms with Crippen molar-refractivity contribution in [2.75, 3.05) is 0 Å². The normalized spacial score (nSPS) is 14.0. The molecule has 1 atom stereocenters. The van der Waals surface area contributed by atoms with Gasteiger partial charge in [-0.1, -0.05) is 17.3 Å². The van der Waals surface area contributed by atoms with E-state index < -0.39 is 17.6 Å². The molecule has 0 aliphatic heterocycles. The number of hydrogen-bond acceptors (Lipinski definition) is 6. The van der Waals surface area contributed by atoms with Crippen LogP contribution in [0.15, 0.2) is 53.3 Å². The second kappa shape index (κ2) is 7.36. The molecule has 0 radical (unpaired) electrons. The fourth-order valence-electron chi connectivity index (χ4n) is 2.19. The third-order valence-corrected chi connectivity index (χ3v) is 3.94. The summed E-state index contributed by atoms with van der Waals surface area (Å²) in [7, 11) is 0. The van der Waals surface area contributed by atoms with Crippen molar-refractivity contribution >= 4 is 0 Å². The Kier molecular flexibility index (Phi) is 5.13. The van der Waals surface area contributed by atoms with Crippen LogP contribution in [0, 0.1) is 0 Å². The van der Waals surface area contributed by atoms with Gasteiger partial charge in [0.1, 0.15) is 12.4 Å². The molecule has 0 amide bonds. The Morgan fingerprint density at radius 3 is 2.33 bits per heavy atom. The highest BCUT2D eigenvalue weighted by Crippen LogP contribution is 2.35. The zero-order valence-electron chi connectivity index (χ0n) is 14.4. The van der Waals surface area contributed by atoms with Crippen LogP contribution >= 0.6 is 0 Å². The van der Waals surface area contributed by atoms with E-state index in [0.29, 0.717) is 12.4 Å². The molecule has 0 saturated carbocycles. The van der Waals surface area contributed by atoms with Crippen molar-refractivity contribution in [3.05, 3.63) is 71.6 Å². The van der Waals surface area contributed by atoms with Crippen molar-refractivity contribution in [2.24, 2.45) is 5.73 Å². The van der Waals surface area contributed by atoms with Gasteiger partial charge in [-0.15, -0.1) is 0 Å². The second-order valence-corrected chi connectivity index (χ2v) is 6.18. The molecule has 0 aliphatic rings. The monoisotopic (exact) mass is 378 g/mol. The van der Waals surface area contributed by atoms with Crippen LogP contribution in [-0.4, -0.2) is 21.3 Å². The fourth-order valence-corrected chi connectivity index (χ4v) is 2.19. The maximum absolute atomic E-state index is 12.9. The summed E-state index contributed by atoms with van der Waals surface area (Å²) >= 11 is 0. The standard InChI is InChI=1S/C18H17F3N4O2/c1-17(22,18(19,20)21)16-24-15(25-27-16)10-12-2-4-14(5-3-12)26-11-13-6-8-23-9-7-13/h2-9H,10-11,22H2,1H3. The lowest BCUT2D eigenvalue weighted by Gasteiger charge is -2.22. The number of nitrogens with zero attached hydrogens (tertiary/aromatic N) is 3. The van der Waals surface area contributed by atoms with Crippen molar-refractivity contribution in [3.63, 3.8) is 0 Å². The molecule has 27 heavy (non-hydrogen) atoms. The molecule has 0 saturated heterocycles. The zero-order valence-corrected chi connectivity index (χ0v) is 14.4. The summed E-state index contributed by atoms with van der Waals surface area (Å²) < 4.78 is 49.1. The first-order valence-electron chi connectivity index (χ1n) is 8.05. The highest BCUT2D eigenvalue weighted by Gasteiger charge is 2.53. The number of benzene rings is 1. The Labute approximate surface area is 153 Å². The Morgan fingerprint density at radius 1 is 1.04 bits per heavy atom. The fraction of sp³-hybridized carbons (Fsp3) is 0.278. The summed E-state index contributed by atoms with van der Waals surface area (Å²) in [6.07, 6.45) is -1.11. The van der Waals surface area contributed by atoms with Gasteiger partial charge in [-0.3, -0.25) is 4.98 Å². The maximum atomic E-state index is 12.9. The van der Waals surface area contributed by atoms with E-state index in [2.05, 4.69) is 15.1 Å². The van der Waals surface area contributed by atoms with Gasteiger partial charge >= 0.3 is 6.18 Å². The molecule has 6 nitrogen and oxygen atoms in total. The quantitative estimate of drug-likeness (QED) is 0.708. The van der Waals surface area contributed by atoms with E-state index in [1.54, 1.807) is 36.7 Å². The number of aromatic nitrogens is 3. The summed E-state index contributed by atoms with van der Waals surface area (Å²) in [6.45, 7) is 1.20. The van der Waals surface area contributed by atoms with Crippen molar-refractivity contribution in [1.82, 2.24) is 15.1 Å². The van der Waals surface area contributed by atoms with Crippen molar-refractivity contribution in [2.45, 2.75) is 31.7 Å². The molecule has 9 heteroatoms. The number of ether oxygens (including phenoxy) is 1. The number of halogens is 3. The summed E-state index contributed by atoms with van der Waals surface area (Å²) in [5.41, 5.74) is 4.37. The average molecular weight is 378 g/mol. The molecule has 0 bridgehead atoms. The smallest absolute Gasteiger partial charge is 0.415 e. The first-order chi connectivity index (χ1) is 12.8. The number of nitrogens with two attached hydrogens (primary N) is 1. The lowest BCUT2D eigenvalue weighted by Crippen LogP contribution is -2.48. The highest BCUT2D eigenvalue weighted by atomic mass is 19.4. The van der Waals surface area contributed by atoms with Gasteiger partial charge in [0.25, 0.3) is 5.89 Å². The molecule has 0 spiro atoms. The molecular formula is C18H17F3N4O2. The minimum absolute atomic E-state index is 0.122. The van der Waals surface area contributed by atoms with E-state index in [9.17, 15) is 13.2 Å². The molecule has 1 unspecified atom stereocenters. The molecule has 3 aromatic rings. The molecular weight excluding hydrogens is 361 g/mol. The number of rotatable bonds is 6. The van der Waals surface area contributed by atoms with Crippen LogP contribution in [0.3, 0.4) is 0 Å². The largest absolute Gasteiger partial charge is 0.489 e. The van der Waals surface area contributed by atoms with Crippen LogP contribution < -0.4 is 10.5 Å². The van der Waals surface area contributed by atoms with Crippen molar-refractivity contribution in [1.29, 1.82) is 0 Å². The highest BCUT2D eigenvalue weighted by molar-refractivity contribution is 5.29. The second-order valence-electron chi connectivity index (χ2n) is 6.18. The van der Waals surface area contributed by atoms with E-state index >= 15 is 0 Å². The van der Waals surface area contributed by atoms with E-state index in [1.807, 2.05) is 12.1 Å². The molecule has 0 fully saturated rings. The van der Waals surface area contributed by atoms with Crippen molar-refractivity contribution < 1.29 is 22.4 Å². The van der Waals surface area contributed by atoms with Crippen LogP contribution in [0.4, 0.5) is 13.2 Å². The number of alkyl halides is 3. The minimum Gasteiger partial charge on any atom is -0.489 e. The van der Waals surface area contributed by atoms with E-state index in [4.69, 9.17) is 15.0 Å². The van der Waals surface area contributed by atoms with Gasteiger partial charge in [-0.05, 0) is 42.3 Å². The van der Waals surface area contributed by atoms with E-state index in [0.717, 1.165) is 18.1 Å². The van der Waals surface area contributed by atoms with Crippen molar-refractivity contribution in [3.8, 4) is 5.75 Å². The van der Waals surface area contributed by atoms with Crippen LogP contribution in [0.1, 0.15) is 29.8 Å². The van der Waals surface area contributed by atoms with Gasteiger partial charge in [0, 0.05) is 18.8 Å². The molecule has 0 aliphatic carbocycles. The Morgan fingerprint density at radius 2 is 1.70 bits per heavy atom. The van der Waals surface area contributed by atoms with E-state index in [-0.39, 0.29) is 12.2 Å². The predicted molar refractivity (Wildman–Crippen MR) is 89.7 cm³/mol. The third kappa shape index (κ3) is 4.43. The van der Waals surface area contributed by atoms with Crippen LogP contribution in [0.2, 0.25) is 0 Å². The first kappa shape index (κ1) is 18.8. The number of hydrogen-bond donors (Lipinski definition) is 1. The SMILES string of the molecule is CC(N)(c1nc(Cc2ccc(OCc3ccncc3)cc2)no1)C(F)(F)F. The maximum Gasteiger partial charge on any atom is 0.415 e. The Hall–Kier alpha value is -2.94. The summed E-state index contributed by atoms with van der Waals surface area (Å²) in [5.74, 6) is 0.120. The van der Waals surface area contributed by atoms with Gasteiger partial charge < -0.3 is 15.0 Å². The molecule has 2 heterocycles. The molecule has 142 valence electrons. The van der Waals surface area contributed by atoms with Gasteiger partial charge in [-0.2, -0.15) is 18.2 Å². The topological polar surface area (TPSA) is 87.1 Å². The Bertz CT molecular complexity index is 878. The molecule has 3 rings (SSSR count). The third-order valence-electron chi connectivity index (χ3n) is 3.94. The first-order valence-corrected chi connectivity index (χ1v) is 8.05. The minimum atomic E-state index is -4.69.